The minimum atomic E-state index is -1.46. The summed E-state index contributed by atoms with van der Waals surface area (Å²) in [5, 5.41) is 10.5. The molecule has 2 unspecified atom stereocenters. The third-order valence-corrected chi connectivity index (χ3v) is 10.1. The number of hydrogen-bond donors (Lipinski definition) is 2. The average molecular weight is 572 g/mol. The van der Waals surface area contributed by atoms with Gasteiger partial charge in [0.15, 0.2) is 5.78 Å². The Morgan fingerprint density at radius 1 is 1.10 bits per heavy atom. The van der Waals surface area contributed by atoms with Gasteiger partial charge in [0.1, 0.15) is 11.9 Å². The molecule has 4 atom stereocenters. The fourth-order valence-electron chi connectivity index (χ4n) is 7.13. The molecule has 3 aliphatic carbocycles. The van der Waals surface area contributed by atoms with Crippen LogP contribution in [-0.4, -0.2) is 59.3 Å². The molecule has 1 amide bonds. The van der Waals surface area contributed by atoms with Crippen LogP contribution in [0.4, 0.5) is 4.39 Å². The molecule has 3 N–H and O–H groups in total. The predicted octanol–water partition coefficient (Wildman–Crippen LogP) is 5.76. The van der Waals surface area contributed by atoms with Crippen molar-refractivity contribution in [3.05, 3.63) is 46.1 Å². The lowest BCUT2D eigenvalue weighted by Gasteiger charge is -2.33. The van der Waals surface area contributed by atoms with E-state index >= 15 is 0 Å². The van der Waals surface area contributed by atoms with E-state index in [-0.39, 0.29) is 37.5 Å². The quantitative estimate of drug-likeness (QED) is 0.388. The zero-order chi connectivity index (χ0) is 28.2. The fraction of sp³-hybridized carbons (Fsp3) is 0.656. The Balaban J connectivity index is 1.07. The average Bonchev–Trinajstić information content (AvgIpc) is 3.77. The van der Waals surface area contributed by atoms with Crippen molar-refractivity contribution < 1.29 is 19.1 Å². The first-order chi connectivity index (χ1) is 19.3. The number of aliphatic hydroxyl groups is 1. The van der Waals surface area contributed by atoms with Gasteiger partial charge in [0.25, 0.3) is 5.91 Å². The summed E-state index contributed by atoms with van der Waals surface area (Å²) in [6, 6.07) is 8.25. The van der Waals surface area contributed by atoms with Gasteiger partial charge in [-0.3, -0.25) is 14.6 Å². The van der Waals surface area contributed by atoms with Crippen LogP contribution in [0.2, 0.25) is 5.02 Å². The first-order valence-electron chi connectivity index (χ1n) is 15.2. The highest BCUT2D eigenvalue weighted by Crippen LogP contribution is 2.57. The molecule has 6 nitrogen and oxygen atoms in total. The van der Waals surface area contributed by atoms with Gasteiger partial charge in [0, 0.05) is 29.3 Å². The smallest absolute Gasteiger partial charge is 0.270 e. The fourth-order valence-corrected chi connectivity index (χ4v) is 7.41. The Morgan fingerprint density at radius 2 is 1.85 bits per heavy atom. The van der Waals surface area contributed by atoms with E-state index in [1.54, 1.807) is 0 Å². The molecular weight excluding hydrogens is 529 g/mol. The highest BCUT2D eigenvalue weighted by Gasteiger charge is 2.45. The molecule has 3 saturated carbocycles. The molecule has 1 aromatic carbocycles. The molecule has 1 aromatic rings. The van der Waals surface area contributed by atoms with Crippen molar-refractivity contribution in [2.45, 2.75) is 95.2 Å². The maximum absolute atomic E-state index is 14.0. The van der Waals surface area contributed by atoms with Crippen molar-refractivity contribution in [3.63, 3.8) is 0 Å². The van der Waals surface area contributed by atoms with Gasteiger partial charge in [-0.05, 0) is 93.1 Å². The summed E-state index contributed by atoms with van der Waals surface area (Å²) in [6.07, 6.45) is 8.49. The molecule has 40 heavy (non-hydrogen) atoms. The highest BCUT2D eigenvalue weighted by molar-refractivity contribution is 6.31. The van der Waals surface area contributed by atoms with E-state index in [1.807, 2.05) is 12.1 Å². The minimum Gasteiger partial charge on any atom is -0.394 e. The van der Waals surface area contributed by atoms with Gasteiger partial charge in [-0.1, -0.05) is 42.6 Å². The number of ketones is 1. The lowest BCUT2D eigenvalue weighted by Crippen LogP contribution is -2.48. The van der Waals surface area contributed by atoms with E-state index in [0.717, 1.165) is 41.8 Å². The van der Waals surface area contributed by atoms with Crippen LogP contribution >= 0.6 is 11.6 Å². The molecule has 0 aromatic heterocycles. The molecule has 0 spiro atoms. The summed E-state index contributed by atoms with van der Waals surface area (Å²) < 4.78 is 14.0. The molecule has 0 bridgehead atoms. The van der Waals surface area contributed by atoms with E-state index in [1.165, 1.54) is 42.6 Å². The number of carbonyl (C=O) groups excluding carboxylic acids is 2. The van der Waals surface area contributed by atoms with Crippen molar-refractivity contribution in [2.75, 3.05) is 19.6 Å². The first kappa shape index (κ1) is 29.2. The SMILES string of the molecule is N/C(C(=O)N1CC[C@@H](O)[C@@H](F)C1)=C1/CCCCC1=NCC(=O)CCC1CCC(C2CC2c2ccccc2Cl)CC1. The molecule has 1 aliphatic heterocycles. The summed E-state index contributed by atoms with van der Waals surface area (Å²) in [4.78, 5) is 31.7. The maximum Gasteiger partial charge on any atom is 0.270 e. The Morgan fingerprint density at radius 3 is 2.60 bits per heavy atom. The molecule has 4 fully saturated rings. The second kappa shape index (κ2) is 13.2. The lowest BCUT2D eigenvalue weighted by atomic mass is 9.77. The van der Waals surface area contributed by atoms with Gasteiger partial charge in [0.05, 0.1) is 19.2 Å². The number of piperidine rings is 1. The molecule has 218 valence electrons. The predicted molar refractivity (Wildman–Crippen MR) is 156 cm³/mol. The highest BCUT2D eigenvalue weighted by atomic mass is 35.5. The Hall–Kier alpha value is -2.25. The molecule has 0 radical (unpaired) electrons. The third-order valence-electron chi connectivity index (χ3n) is 9.71. The van der Waals surface area contributed by atoms with E-state index in [9.17, 15) is 19.1 Å². The normalized spacial score (nSPS) is 33.1. The Bertz CT molecular complexity index is 1150. The van der Waals surface area contributed by atoms with Crippen LogP contribution in [0.1, 0.15) is 88.5 Å². The van der Waals surface area contributed by atoms with Crippen molar-refractivity contribution in [3.8, 4) is 0 Å². The number of allylic oxidation sites excluding steroid dienone is 1. The Labute approximate surface area is 242 Å². The van der Waals surface area contributed by atoms with Crippen LogP contribution in [0.15, 0.2) is 40.5 Å². The van der Waals surface area contributed by atoms with Crippen LogP contribution in [0, 0.1) is 17.8 Å². The zero-order valence-corrected chi connectivity index (χ0v) is 24.1. The summed E-state index contributed by atoms with van der Waals surface area (Å²) in [5.41, 5.74) is 9.15. The van der Waals surface area contributed by atoms with Gasteiger partial charge >= 0.3 is 0 Å². The second-order valence-corrected chi connectivity index (χ2v) is 12.8. The summed E-state index contributed by atoms with van der Waals surface area (Å²) in [5.74, 6) is 2.49. The number of likely N-dealkylation sites (tertiary alicyclic amines) is 1. The monoisotopic (exact) mass is 571 g/mol. The zero-order valence-electron chi connectivity index (χ0n) is 23.4. The van der Waals surface area contributed by atoms with Crippen LogP contribution in [0.5, 0.6) is 0 Å². The minimum absolute atomic E-state index is 0.110. The number of halogens is 2. The van der Waals surface area contributed by atoms with E-state index < -0.39 is 18.2 Å². The van der Waals surface area contributed by atoms with E-state index in [0.29, 0.717) is 36.7 Å². The second-order valence-electron chi connectivity index (χ2n) is 12.4. The third kappa shape index (κ3) is 6.96. The van der Waals surface area contributed by atoms with Gasteiger partial charge in [-0.25, -0.2) is 4.39 Å². The largest absolute Gasteiger partial charge is 0.394 e. The number of nitrogens with zero attached hydrogens (tertiary/aromatic N) is 2. The van der Waals surface area contributed by atoms with Crippen molar-refractivity contribution in [1.29, 1.82) is 0 Å². The van der Waals surface area contributed by atoms with Crippen molar-refractivity contribution in [2.24, 2.45) is 28.5 Å². The Kier molecular flexibility index (Phi) is 9.62. The van der Waals surface area contributed by atoms with Crippen LogP contribution in [-0.2, 0) is 9.59 Å². The number of Topliss-reactive ketones (excluding diaryl/α,β-unsaturated/α-hetero) is 1. The number of carbonyl (C=O) groups is 2. The number of alkyl halides is 1. The standard InChI is InChI=1S/C32H43ClFN3O3/c33-27-7-3-1-5-23(27)26-17-25(26)21-12-9-20(10-13-21)11-14-22(38)18-36-29-8-4-2-6-24(29)31(35)32(40)37-16-15-30(39)28(34)19-37/h1,3,5,7,20-21,25-26,28,30,39H,2,4,6,8-19,35H2/b31-24-,36-29?/t20?,21?,25?,26?,28-,30+/m0/s1. The van der Waals surface area contributed by atoms with Crippen LogP contribution in [0.3, 0.4) is 0 Å². The maximum atomic E-state index is 14.0. The number of aliphatic hydroxyl groups excluding tert-OH is 1. The summed E-state index contributed by atoms with van der Waals surface area (Å²) >= 11 is 6.42. The number of amides is 1. The van der Waals surface area contributed by atoms with Crippen LogP contribution in [0.25, 0.3) is 0 Å². The lowest BCUT2D eigenvalue weighted by molar-refractivity contribution is -0.131. The van der Waals surface area contributed by atoms with Gasteiger partial charge in [-0.2, -0.15) is 0 Å². The van der Waals surface area contributed by atoms with Crippen molar-refractivity contribution in [1.82, 2.24) is 4.90 Å². The molecule has 4 aliphatic rings. The van der Waals surface area contributed by atoms with Gasteiger partial charge < -0.3 is 15.7 Å². The number of nitrogens with two attached hydrogens (primary N) is 1. The van der Waals surface area contributed by atoms with Gasteiger partial charge in [-0.15, -0.1) is 0 Å². The van der Waals surface area contributed by atoms with Crippen molar-refractivity contribution >= 4 is 29.0 Å². The molecule has 8 heteroatoms. The summed E-state index contributed by atoms with van der Waals surface area (Å²) in [6.45, 7) is 0.257. The number of hydrogen-bond acceptors (Lipinski definition) is 5. The van der Waals surface area contributed by atoms with E-state index in [2.05, 4.69) is 17.1 Å². The van der Waals surface area contributed by atoms with Gasteiger partial charge in [0.2, 0.25) is 0 Å². The van der Waals surface area contributed by atoms with Crippen LogP contribution < -0.4 is 5.73 Å². The summed E-state index contributed by atoms with van der Waals surface area (Å²) in [7, 11) is 0. The number of aliphatic imine (C=N–C) groups is 1. The number of rotatable bonds is 8. The topological polar surface area (TPSA) is 96.0 Å². The molecule has 1 saturated heterocycles. The molecule has 5 rings (SSSR count). The van der Waals surface area contributed by atoms with E-state index in [4.69, 9.17) is 17.3 Å². The first-order valence-corrected chi connectivity index (χ1v) is 15.6. The molecular formula is C32H43ClFN3O3. The molecule has 1 heterocycles. The number of benzene rings is 1.